The molecular weight excluding hydrogens is 546 g/mol. The number of hydrogen-bond acceptors (Lipinski definition) is 4. The number of hydrogen-bond donors (Lipinski definition) is 0. The molecule has 41 heavy (non-hydrogen) atoms. The Morgan fingerprint density at radius 1 is 0.634 bits per heavy atom. The Bertz CT molecular complexity index is 1260. The first kappa shape index (κ1) is 30.4. The van der Waals surface area contributed by atoms with Crippen LogP contribution in [0.25, 0.3) is 0 Å². The molecule has 0 aliphatic carbocycles. The topological polar surface area (TPSA) is 40.6 Å². The van der Waals surface area contributed by atoms with E-state index >= 15 is 0 Å². The Balaban J connectivity index is 1.47. The zero-order valence-corrected chi connectivity index (χ0v) is 23.3. The van der Waals surface area contributed by atoms with E-state index < -0.39 is 34.7 Å². The molecule has 0 spiro atoms. The predicted octanol–water partition coefficient (Wildman–Crippen LogP) is 7.78. The van der Waals surface area contributed by atoms with Crippen LogP contribution in [0.4, 0.5) is 37.7 Å². The van der Waals surface area contributed by atoms with Crippen LogP contribution < -0.4 is 9.80 Å². The highest BCUT2D eigenvalue weighted by atomic mass is 19.4. The van der Waals surface area contributed by atoms with Gasteiger partial charge in [0.2, 0.25) is 0 Å². The number of halogens is 6. The molecule has 220 valence electrons. The van der Waals surface area contributed by atoms with Crippen molar-refractivity contribution in [1.82, 2.24) is 0 Å². The van der Waals surface area contributed by atoms with Crippen molar-refractivity contribution in [2.45, 2.75) is 59.3 Å². The summed E-state index contributed by atoms with van der Waals surface area (Å²) in [6.45, 7) is 7.49. The first-order valence-electron chi connectivity index (χ1n) is 13.3. The van der Waals surface area contributed by atoms with Crippen LogP contribution in [0.1, 0.15) is 51.7 Å². The van der Waals surface area contributed by atoms with E-state index in [0.29, 0.717) is 43.7 Å². The average Bonchev–Trinajstić information content (AvgIpc) is 2.88. The Morgan fingerprint density at radius 2 is 0.951 bits per heavy atom. The van der Waals surface area contributed by atoms with Crippen LogP contribution in [0, 0.1) is 10.8 Å². The molecule has 0 bridgehead atoms. The molecule has 0 N–H and O–H groups in total. The van der Waals surface area contributed by atoms with E-state index in [4.69, 9.17) is 0 Å². The summed E-state index contributed by atoms with van der Waals surface area (Å²) in [6, 6.07) is 14.7. The molecule has 0 radical (unpaired) electrons. The van der Waals surface area contributed by atoms with E-state index in [-0.39, 0.29) is 11.1 Å². The van der Waals surface area contributed by atoms with E-state index in [0.717, 1.165) is 11.1 Å². The largest absolute Gasteiger partial charge is 0.454 e. The maximum Gasteiger partial charge on any atom is 0.454 e. The molecule has 0 saturated heterocycles. The third-order valence-electron chi connectivity index (χ3n) is 7.93. The Kier molecular flexibility index (Phi) is 7.92. The SMILES string of the molecule is CC1(C)CCN(c2ccc(Cc3ccc(N4C=C(C(=O)C(F)(F)F)C(C)(C)CC4)cc3)cc2)C=C1C(=O)C(F)(F)F. The Morgan fingerprint density at radius 3 is 1.24 bits per heavy atom. The molecule has 4 rings (SSSR count). The van der Waals surface area contributed by atoms with Gasteiger partial charge < -0.3 is 9.80 Å². The second-order valence-corrected chi connectivity index (χ2v) is 11.9. The zero-order chi connectivity index (χ0) is 30.4. The number of rotatable bonds is 6. The van der Waals surface area contributed by atoms with Crippen molar-refractivity contribution in [3.05, 3.63) is 83.2 Å². The Labute approximate surface area is 235 Å². The number of carbonyl (C=O) groups is 2. The number of carbonyl (C=O) groups excluding carboxylic acids is 2. The summed E-state index contributed by atoms with van der Waals surface area (Å²) < 4.78 is 78.9. The summed E-state index contributed by atoms with van der Waals surface area (Å²) in [5, 5.41) is 0. The van der Waals surface area contributed by atoms with E-state index in [1.54, 1.807) is 61.8 Å². The maximum absolute atomic E-state index is 13.2. The predicted molar refractivity (Wildman–Crippen MR) is 145 cm³/mol. The number of ketones is 2. The normalized spacial score (nSPS) is 19.0. The van der Waals surface area contributed by atoms with Gasteiger partial charge in [0.1, 0.15) is 0 Å². The molecule has 0 aromatic heterocycles. The van der Waals surface area contributed by atoms with E-state index in [2.05, 4.69) is 0 Å². The van der Waals surface area contributed by atoms with Crippen LogP contribution in [-0.2, 0) is 16.0 Å². The number of benzene rings is 2. The van der Waals surface area contributed by atoms with Crippen molar-refractivity contribution in [3.63, 3.8) is 0 Å². The molecule has 2 aromatic rings. The molecule has 0 saturated carbocycles. The van der Waals surface area contributed by atoms with Crippen molar-refractivity contribution in [2.24, 2.45) is 10.8 Å². The minimum atomic E-state index is -4.94. The van der Waals surface area contributed by atoms with Gasteiger partial charge in [0, 0.05) is 48.0 Å². The first-order chi connectivity index (χ1) is 18.9. The third kappa shape index (κ3) is 6.68. The van der Waals surface area contributed by atoms with Crippen LogP contribution in [0.15, 0.2) is 72.1 Å². The maximum atomic E-state index is 13.2. The molecule has 2 aliphatic rings. The number of allylic oxidation sites excluding steroid dienone is 2. The molecule has 2 aliphatic heterocycles. The highest BCUT2D eigenvalue weighted by Crippen LogP contribution is 2.41. The summed E-state index contributed by atoms with van der Waals surface area (Å²) in [4.78, 5) is 27.4. The van der Waals surface area contributed by atoms with Crippen LogP contribution >= 0.6 is 0 Å². The number of Topliss-reactive ketones (excluding diaryl/α,β-unsaturated/α-hetero) is 2. The number of alkyl halides is 6. The third-order valence-corrected chi connectivity index (χ3v) is 7.93. The number of nitrogens with zero attached hydrogens (tertiary/aromatic N) is 2. The van der Waals surface area contributed by atoms with Gasteiger partial charge in [0.05, 0.1) is 0 Å². The molecule has 10 heteroatoms. The fourth-order valence-corrected chi connectivity index (χ4v) is 5.15. The van der Waals surface area contributed by atoms with Gasteiger partial charge in [-0.15, -0.1) is 0 Å². The second-order valence-electron chi connectivity index (χ2n) is 11.9. The van der Waals surface area contributed by atoms with Gasteiger partial charge in [0.15, 0.2) is 0 Å². The van der Waals surface area contributed by atoms with Gasteiger partial charge in [-0.2, -0.15) is 26.3 Å². The summed E-state index contributed by atoms with van der Waals surface area (Å²) in [5.74, 6) is -3.64. The van der Waals surface area contributed by atoms with Crippen molar-refractivity contribution in [1.29, 1.82) is 0 Å². The van der Waals surface area contributed by atoms with Crippen LogP contribution in [-0.4, -0.2) is 37.0 Å². The summed E-state index contributed by atoms with van der Waals surface area (Å²) in [5.41, 5.74) is 0.964. The minimum Gasteiger partial charge on any atom is -0.348 e. The van der Waals surface area contributed by atoms with Crippen LogP contribution in [0.5, 0.6) is 0 Å². The van der Waals surface area contributed by atoms with Crippen molar-refractivity contribution < 1.29 is 35.9 Å². The first-order valence-corrected chi connectivity index (χ1v) is 13.3. The van der Waals surface area contributed by atoms with Crippen LogP contribution in [0.2, 0.25) is 0 Å². The highest BCUT2D eigenvalue weighted by molar-refractivity contribution is 6.01. The molecule has 4 nitrogen and oxygen atoms in total. The van der Waals surface area contributed by atoms with Gasteiger partial charge >= 0.3 is 12.4 Å². The molecule has 0 unspecified atom stereocenters. The Hall–Kier alpha value is -3.56. The van der Waals surface area contributed by atoms with Crippen molar-refractivity contribution in [3.8, 4) is 0 Å². The quantitative estimate of drug-likeness (QED) is 0.328. The molecule has 0 fully saturated rings. The van der Waals surface area contributed by atoms with Gasteiger partial charge in [0.25, 0.3) is 11.6 Å². The second kappa shape index (κ2) is 10.7. The van der Waals surface area contributed by atoms with Crippen molar-refractivity contribution >= 4 is 22.9 Å². The zero-order valence-electron chi connectivity index (χ0n) is 23.3. The number of anilines is 2. The van der Waals surface area contributed by atoms with E-state index in [9.17, 15) is 35.9 Å². The fraction of sp³-hybridized carbons (Fsp3) is 0.419. The molecular formula is C31H32F6N2O2. The lowest BCUT2D eigenvalue weighted by Gasteiger charge is -2.37. The van der Waals surface area contributed by atoms with E-state index in [1.165, 1.54) is 12.4 Å². The van der Waals surface area contributed by atoms with Crippen molar-refractivity contribution in [2.75, 3.05) is 22.9 Å². The van der Waals surface area contributed by atoms with Gasteiger partial charge in [-0.05, 0) is 65.5 Å². The molecule has 0 atom stereocenters. The van der Waals surface area contributed by atoms with Gasteiger partial charge in [-0.1, -0.05) is 52.0 Å². The van der Waals surface area contributed by atoms with Crippen LogP contribution in [0.3, 0.4) is 0 Å². The van der Waals surface area contributed by atoms with Gasteiger partial charge in [-0.3, -0.25) is 9.59 Å². The smallest absolute Gasteiger partial charge is 0.348 e. The lowest BCUT2D eigenvalue weighted by Crippen LogP contribution is -2.39. The minimum absolute atomic E-state index is 0.262. The molecule has 2 heterocycles. The standard InChI is InChI=1S/C31H32F6N2O2/c1-28(2)13-15-38(18-24(28)26(40)30(32,33)34)22-9-5-20(6-10-22)17-21-7-11-23(12-8-21)39-16-14-29(3,4)25(19-39)27(41)31(35,36)37/h5-12,18-19H,13-17H2,1-4H3. The summed E-state index contributed by atoms with van der Waals surface area (Å²) in [7, 11) is 0. The summed E-state index contributed by atoms with van der Waals surface area (Å²) >= 11 is 0. The summed E-state index contributed by atoms with van der Waals surface area (Å²) in [6.07, 6.45) is -5.92. The molecule has 2 aromatic carbocycles. The van der Waals surface area contributed by atoms with E-state index in [1.807, 2.05) is 24.3 Å². The average molecular weight is 579 g/mol. The lowest BCUT2D eigenvalue weighted by molar-refractivity contribution is -0.167. The molecule has 0 amide bonds. The highest BCUT2D eigenvalue weighted by Gasteiger charge is 2.47. The fourth-order valence-electron chi connectivity index (χ4n) is 5.15. The lowest BCUT2D eigenvalue weighted by atomic mass is 9.77. The monoisotopic (exact) mass is 578 g/mol. The van der Waals surface area contributed by atoms with Gasteiger partial charge in [-0.25, -0.2) is 0 Å².